The number of esters is 1. The Balaban J connectivity index is 1.28. The number of carbonyl (C=O) groups excluding carboxylic acids is 1. The third-order valence-electron chi connectivity index (χ3n) is 7.45. The number of nitrogens with zero attached hydrogens (tertiary/aromatic N) is 3. The van der Waals surface area contributed by atoms with Crippen LogP contribution in [0.15, 0.2) is 60.7 Å². The van der Waals surface area contributed by atoms with Gasteiger partial charge in [0.25, 0.3) is 0 Å². The number of hydrogen-bond donors (Lipinski definition) is 0. The molecule has 1 aliphatic rings. The Labute approximate surface area is 252 Å². The Morgan fingerprint density at radius 2 is 1.81 bits per heavy atom. The van der Waals surface area contributed by atoms with Crippen LogP contribution in [0.3, 0.4) is 0 Å². The average molecular weight is 592 g/mol. The molecule has 0 N–H and O–H groups in total. The number of hydrogen-bond acceptors (Lipinski definition) is 7. The summed E-state index contributed by atoms with van der Waals surface area (Å²) in [6.07, 6.45) is 3.19. The van der Waals surface area contributed by atoms with Gasteiger partial charge in [0, 0.05) is 37.2 Å². The SMILES string of the molecule is CCOC(=O)CCc1ccc(OCc2nc3ccc(OC4CCCN(C)C4)cc3n2C)cc1OCc1ccc(Cl)cc1. The zero-order valence-electron chi connectivity index (χ0n) is 24.5. The van der Waals surface area contributed by atoms with E-state index in [9.17, 15) is 4.79 Å². The Bertz CT molecular complexity index is 1500. The van der Waals surface area contributed by atoms with Gasteiger partial charge in [-0.05, 0) is 81.2 Å². The van der Waals surface area contributed by atoms with Crippen LogP contribution in [0.25, 0.3) is 11.0 Å². The Hall–Kier alpha value is -3.75. The maximum Gasteiger partial charge on any atom is 0.306 e. The zero-order valence-corrected chi connectivity index (χ0v) is 25.2. The second kappa shape index (κ2) is 13.9. The fourth-order valence-electron chi connectivity index (χ4n) is 5.15. The summed E-state index contributed by atoms with van der Waals surface area (Å²) in [5.74, 6) is 2.74. The number of likely N-dealkylation sites (N-methyl/N-ethyl adjacent to an activating group) is 1. The van der Waals surface area contributed by atoms with Crippen molar-refractivity contribution in [1.29, 1.82) is 0 Å². The average Bonchev–Trinajstić information content (AvgIpc) is 3.30. The lowest BCUT2D eigenvalue weighted by atomic mass is 10.1. The van der Waals surface area contributed by atoms with Crippen molar-refractivity contribution in [3.05, 3.63) is 82.6 Å². The number of benzene rings is 3. The largest absolute Gasteiger partial charge is 0.489 e. The number of aromatic nitrogens is 2. The predicted octanol–water partition coefficient (Wildman–Crippen LogP) is 6.35. The summed E-state index contributed by atoms with van der Waals surface area (Å²) >= 11 is 6.03. The number of halogens is 1. The Morgan fingerprint density at radius 3 is 2.60 bits per heavy atom. The summed E-state index contributed by atoms with van der Waals surface area (Å²) in [4.78, 5) is 19.1. The van der Waals surface area contributed by atoms with Crippen molar-refractivity contribution >= 4 is 28.6 Å². The molecule has 222 valence electrons. The summed E-state index contributed by atoms with van der Waals surface area (Å²) in [5.41, 5.74) is 3.78. The Morgan fingerprint density at radius 1 is 1.00 bits per heavy atom. The molecule has 0 saturated carbocycles. The molecule has 1 unspecified atom stereocenters. The molecule has 42 heavy (non-hydrogen) atoms. The molecule has 9 heteroatoms. The van der Waals surface area contributed by atoms with E-state index in [-0.39, 0.29) is 25.1 Å². The second-order valence-corrected chi connectivity index (χ2v) is 11.1. The first-order valence-electron chi connectivity index (χ1n) is 14.5. The van der Waals surface area contributed by atoms with Gasteiger partial charge in [0.15, 0.2) is 0 Å². The number of likely N-dealkylation sites (tertiary alicyclic amines) is 1. The van der Waals surface area contributed by atoms with Gasteiger partial charge in [0.1, 0.15) is 42.4 Å². The third-order valence-corrected chi connectivity index (χ3v) is 7.70. The van der Waals surface area contributed by atoms with Crippen molar-refractivity contribution in [2.24, 2.45) is 7.05 Å². The summed E-state index contributed by atoms with van der Waals surface area (Å²) in [5, 5.41) is 0.673. The number of ether oxygens (including phenoxy) is 4. The van der Waals surface area contributed by atoms with Crippen LogP contribution >= 0.6 is 11.6 Å². The fraction of sp³-hybridized carbons (Fsp3) is 0.394. The van der Waals surface area contributed by atoms with Crippen LogP contribution < -0.4 is 14.2 Å². The molecule has 4 aromatic rings. The van der Waals surface area contributed by atoms with Crippen LogP contribution in [0.5, 0.6) is 17.2 Å². The smallest absolute Gasteiger partial charge is 0.306 e. The van der Waals surface area contributed by atoms with Crippen LogP contribution in [0.1, 0.15) is 43.1 Å². The van der Waals surface area contributed by atoms with E-state index in [1.165, 1.54) is 0 Å². The quantitative estimate of drug-likeness (QED) is 0.178. The molecule has 1 saturated heterocycles. The van der Waals surface area contributed by atoms with E-state index >= 15 is 0 Å². The highest BCUT2D eigenvalue weighted by Crippen LogP contribution is 2.29. The first-order chi connectivity index (χ1) is 20.4. The minimum Gasteiger partial charge on any atom is -0.489 e. The lowest BCUT2D eigenvalue weighted by molar-refractivity contribution is -0.143. The zero-order chi connectivity index (χ0) is 29.5. The molecular formula is C33H38ClN3O5. The number of carbonyl (C=O) groups is 1. The van der Waals surface area contributed by atoms with Gasteiger partial charge in [-0.2, -0.15) is 0 Å². The molecule has 8 nitrogen and oxygen atoms in total. The highest BCUT2D eigenvalue weighted by Gasteiger charge is 2.19. The molecule has 1 aromatic heterocycles. The van der Waals surface area contributed by atoms with Crippen LogP contribution in [0, 0.1) is 0 Å². The molecule has 0 aliphatic carbocycles. The lowest BCUT2D eigenvalue weighted by Crippen LogP contribution is -2.38. The molecule has 0 spiro atoms. The van der Waals surface area contributed by atoms with Crippen molar-refractivity contribution in [3.63, 3.8) is 0 Å². The number of imidazole rings is 1. The molecule has 5 rings (SSSR count). The molecule has 0 amide bonds. The predicted molar refractivity (Wildman–Crippen MR) is 163 cm³/mol. The van der Waals surface area contributed by atoms with Gasteiger partial charge in [-0.25, -0.2) is 4.98 Å². The van der Waals surface area contributed by atoms with E-state index in [4.69, 9.17) is 35.5 Å². The maximum absolute atomic E-state index is 12.0. The van der Waals surface area contributed by atoms with Crippen molar-refractivity contribution in [2.45, 2.75) is 51.9 Å². The lowest BCUT2D eigenvalue weighted by Gasteiger charge is -2.30. The monoisotopic (exact) mass is 591 g/mol. The van der Waals surface area contributed by atoms with Gasteiger partial charge in [-0.15, -0.1) is 0 Å². The summed E-state index contributed by atoms with van der Waals surface area (Å²) in [6.45, 7) is 4.87. The molecule has 3 aromatic carbocycles. The molecule has 0 bridgehead atoms. The third kappa shape index (κ3) is 7.75. The molecule has 1 atom stereocenters. The van der Waals surface area contributed by atoms with Gasteiger partial charge >= 0.3 is 5.97 Å². The number of fused-ring (bicyclic) bond motifs is 1. The van der Waals surface area contributed by atoms with E-state index in [1.54, 1.807) is 6.92 Å². The van der Waals surface area contributed by atoms with Crippen molar-refractivity contribution < 1.29 is 23.7 Å². The first kappa shape index (κ1) is 29.7. The van der Waals surface area contributed by atoms with E-state index in [0.29, 0.717) is 36.2 Å². The van der Waals surface area contributed by atoms with Gasteiger partial charge in [-0.1, -0.05) is 29.8 Å². The minimum atomic E-state index is -0.233. The van der Waals surface area contributed by atoms with E-state index < -0.39 is 0 Å². The van der Waals surface area contributed by atoms with Gasteiger partial charge < -0.3 is 28.4 Å². The highest BCUT2D eigenvalue weighted by atomic mass is 35.5. The molecular weight excluding hydrogens is 554 g/mol. The van der Waals surface area contributed by atoms with Crippen molar-refractivity contribution in [2.75, 3.05) is 26.7 Å². The standard InChI is InChI=1S/C33H38ClN3O5/c1-4-39-33(38)16-10-24-9-13-26(19-31(24)41-21-23-7-11-25(34)12-8-23)40-22-32-35-29-15-14-27(18-30(29)37(32)3)42-28-6-5-17-36(2)20-28/h7-9,11-15,18-19,28H,4-6,10,16-17,20-22H2,1-3H3. The molecule has 1 aliphatic heterocycles. The fourth-order valence-corrected chi connectivity index (χ4v) is 5.28. The summed E-state index contributed by atoms with van der Waals surface area (Å²) < 4.78 is 25.8. The highest BCUT2D eigenvalue weighted by molar-refractivity contribution is 6.30. The van der Waals surface area contributed by atoms with Gasteiger partial charge in [0.2, 0.25) is 0 Å². The van der Waals surface area contributed by atoms with E-state index in [2.05, 4.69) is 18.0 Å². The van der Waals surface area contributed by atoms with Crippen LogP contribution in [-0.2, 0) is 36.2 Å². The normalized spacial score (nSPS) is 15.5. The van der Waals surface area contributed by atoms with Crippen LogP contribution in [0.4, 0.5) is 0 Å². The topological polar surface area (TPSA) is 75.1 Å². The summed E-state index contributed by atoms with van der Waals surface area (Å²) in [6, 6.07) is 19.3. The van der Waals surface area contributed by atoms with Gasteiger partial charge in [0.05, 0.1) is 17.6 Å². The van der Waals surface area contributed by atoms with Crippen LogP contribution in [-0.4, -0.2) is 53.3 Å². The number of aryl methyl sites for hydroxylation is 2. The van der Waals surface area contributed by atoms with Crippen LogP contribution in [0.2, 0.25) is 5.02 Å². The van der Waals surface area contributed by atoms with Gasteiger partial charge in [-0.3, -0.25) is 4.79 Å². The first-order valence-corrected chi connectivity index (χ1v) is 14.8. The number of piperidine rings is 1. The molecule has 1 fully saturated rings. The van der Waals surface area contributed by atoms with E-state index in [0.717, 1.165) is 59.7 Å². The summed E-state index contributed by atoms with van der Waals surface area (Å²) in [7, 11) is 4.13. The molecule has 0 radical (unpaired) electrons. The van der Waals surface area contributed by atoms with E-state index in [1.807, 2.05) is 66.2 Å². The van der Waals surface area contributed by atoms with Crippen molar-refractivity contribution in [3.8, 4) is 17.2 Å². The molecule has 2 heterocycles. The number of rotatable bonds is 12. The second-order valence-electron chi connectivity index (χ2n) is 10.7. The minimum absolute atomic E-state index is 0.202. The maximum atomic E-state index is 12.0. The Kier molecular flexibility index (Phi) is 9.87. The van der Waals surface area contributed by atoms with Crippen molar-refractivity contribution in [1.82, 2.24) is 14.5 Å².